The van der Waals surface area contributed by atoms with Crippen molar-refractivity contribution < 1.29 is 8.78 Å². The minimum atomic E-state index is -0.703. The van der Waals surface area contributed by atoms with Gasteiger partial charge in [-0.05, 0) is 31.2 Å². The van der Waals surface area contributed by atoms with Crippen molar-refractivity contribution in [3.8, 4) is 6.07 Å². The molecule has 1 saturated carbocycles. The molecule has 1 N–H and O–H groups in total. The van der Waals surface area contributed by atoms with E-state index in [1.54, 1.807) is 17.8 Å². The molecular weight excluding hydrogens is 266 g/mol. The van der Waals surface area contributed by atoms with E-state index < -0.39 is 11.6 Å². The molecule has 0 unspecified atom stereocenters. The highest BCUT2D eigenvalue weighted by Gasteiger charge is 2.33. The maximum atomic E-state index is 13.7. The van der Waals surface area contributed by atoms with Crippen molar-refractivity contribution in [2.45, 2.75) is 30.4 Å². The van der Waals surface area contributed by atoms with Gasteiger partial charge in [-0.2, -0.15) is 17.0 Å². The molecule has 5 heteroatoms. The highest BCUT2D eigenvalue weighted by Crippen LogP contribution is 2.40. The lowest BCUT2D eigenvalue weighted by molar-refractivity contribution is 0.578. The van der Waals surface area contributed by atoms with Crippen LogP contribution in [-0.4, -0.2) is 17.5 Å². The third kappa shape index (κ3) is 3.01. The molecule has 0 amide bonds. The number of nitrogens with one attached hydrogen (secondary N) is 1. The van der Waals surface area contributed by atoms with Crippen LogP contribution in [0.5, 0.6) is 0 Å². The molecule has 2 nitrogen and oxygen atoms in total. The van der Waals surface area contributed by atoms with Crippen molar-refractivity contribution in [3.63, 3.8) is 0 Å². The van der Waals surface area contributed by atoms with E-state index in [1.165, 1.54) is 12.8 Å². The molecule has 1 aliphatic carbocycles. The summed E-state index contributed by atoms with van der Waals surface area (Å²) >= 11 is 1.76. The van der Waals surface area contributed by atoms with E-state index in [9.17, 15) is 8.78 Å². The van der Waals surface area contributed by atoms with Gasteiger partial charge in [-0.1, -0.05) is 12.8 Å². The summed E-state index contributed by atoms with van der Waals surface area (Å²) in [6.45, 7) is 0.550. The van der Waals surface area contributed by atoms with Crippen LogP contribution < -0.4 is 5.32 Å². The Hall–Kier alpha value is -1.28. The lowest BCUT2D eigenvalue weighted by Gasteiger charge is -2.27. The average Bonchev–Trinajstić information content (AvgIpc) is 2.87. The lowest BCUT2D eigenvalue weighted by atomic mass is 10.1. The van der Waals surface area contributed by atoms with Crippen LogP contribution in [0, 0.1) is 23.0 Å². The van der Waals surface area contributed by atoms with Gasteiger partial charge in [0.1, 0.15) is 5.69 Å². The molecule has 2 rings (SSSR count). The van der Waals surface area contributed by atoms with Gasteiger partial charge in [0.05, 0.1) is 11.6 Å². The van der Waals surface area contributed by atoms with Gasteiger partial charge in [-0.25, -0.2) is 8.78 Å². The molecule has 0 atom stereocenters. The summed E-state index contributed by atoms with van der Waals surface area (Å²) in [4.78, 5) is 0. The van der Waals surface area contributed by atoms with Gasteiger partial charge < -0.3 is 5.32 Å². The van der Waals surface area contributed by atoms with Gasteiger partial charge >= 0.3 is 0 Å². The first-order valence-corrected chi connectivity index (χ1v) is 7.51. The van der Waals surface area contributed by atoms with Crippen molar-refractivity contribution in [1.82, 2.24) is 0 Å². The minimum absolute atomic E-state index is 0.000922. The maximum absolute atomic E-state index is 13.7. The molecule has 102 valence electrons. The number of nitrogens with zero attached hydrogens (tertiary/aromatic N) is 1. The van der Waals surface area contributed by atoms with Crippen molar-refractivity contribution in [2.24, 2.45) is 0 Å². The Morgan fingerprint density at radius 1 is 1.32 bits per heavy atom. The molecule has 0 spiro atoms. The van der Waals surface area contributed by atoms with E-state index in [4.69, 9.17) is 5.26 Å². The maximum Gasteiger partial charge on any atom is 0.150 e. The summed E-state index contributed by atoms with van der Waals surface area (Å²) in [5.41, 5.74) is -0.125. The molecule has 0 bridgehead atoms. The van der Waals surface area contributed by atoms with Gasteiger partial charge in [0.25, 0.3) is 0 Å². The van der Waals surface area contributed by atoms with Gasteiger partial charge in [0, 0.05) is 11.3 Å². The van der Waals surface area contributed by atoms with Crippen molar-refractivity contribution in [1.29, 1.82) is 5.26 Å². The third-order valence-electron chi connectivity index (χ3n) is 3.71. The molecule has 0 aromatic heterocycles. The number of thioether (sulfide) groups is 1. The zero-order valence-electron chi connectivity index (χ0n) is 10.8. The number of rotatable bonds is 4. The Labute approximate surface area is 116 Å². The molecule has 19 heavy (non-hydrogen) atoms. The summed E-state index contributed by atoms with van der Waals surface area (Å²) in [6.07, 6.45) is 6.52. The van der Waals surface area contributed by atoms with Crippen LogP contribution in [0.4, 0.5) is 14.5 Å². The van der Waals surface area contributed by atoms with E-state index in [0.717, 1.165) is 25.0 Å². The number of anilines is 1. The van der Waals surface area contributed by atoms with Gasteiger partial charge in [0.2, 0.25) is 0 Å². The normalized spacial score (nSPS) is 17.2. The number of benzene rings is 1. The van der Waals surface area contributed by atoms with Crippen LogP contribution in [0.25, 0.3) is 0 Å². The Morgan fingerprint density at radius 2 is 1.89 bits per heavy atom. The van der Waals surface area contributed by atoms with Gasteiger partial charge in [0.15, 0.2) is 11.6 Å². The zero-order chi connectivity index (χ0) is 13.9. The first-order valence-electron chi connectivity index (χ1n) is 6.28. The van der Waals surface area contributed by atoms with Crippen LogP contribution >= 0.6 is 11.8 Å². The molecule has 1 aromatic rings. The van der Waals surface area contributed by atoms with Crippen LogP contribution in [-0.2, 0) is 0 Å². The second-order valence-electron chi connectivity index (χ2n) is 4.87. The number of hydrogen-bond acceptors (Lipinski definition) is 3. The predicted molar refractivity (Wildman–Crippen MR) is 74.3 cm³/mol. The van der Waals surface area contributed by atoms with Crippen LogP contribution in [0.15, 0.2) is 12.1 Å². The van der Waals surface area contributed by atoms with E-state index in [2.05, 4.69) is 5.32 Å². The highest BCUT2D eigenvalue weighted by atomic mass is 32.2. The molecular formula is C14H16F2N2S. The second-order valence-corrected chi connectivity index (χ2v) is 6.15. The molecule has 0 heterocycles. The van der Waals surface area contributed by atoms with Crippen LogP contribution in [0.3, 0.4) is 0 Å². The summed E-state index contributed by atoms with van der Waals surface area (Å²) in [5.74, 6) is -1.41. The molecule has 0 saturated heterocycles. The first kappa shape index (κ1) is 14.1. The van der Waals surface area contributed by atoms with Gasteiger partial charge in [-0.15, -0.1) is 0 Å². The Bertz CT molecular complexity index is 482. The summed E-state index contributed by atoms with van der Waals surface area (Å²) in [7, 11) is 0. The summed E-state index contributed by atoms with van der Waals surface area (Å²) in [6, 6.07) is 3.86. The lowest BCUT2D eigenvalue weighted by Crippen LogP contribution is -2.30. The third-order valence-corrected chi connectivity index (χ3v) is 5.12. The largest absolute Gasteiger partial charge is 0.379 e. The molecule has 0 radical (unpaired) electrons. The Kier molecular flexibility index (Phi) is 4.31. The Balaban J connectivity index is 2.14. The van der Waals surface area contributed by atoms with Crippen LogP contribution in [0.2, 0.25) is 0 Å². The van der Waals surface area contributed by atoms with Gasteiger partial charge in [-0.3, -0.25) is 0 Å². The Morgan fingerprint density at radius 3 is 2.37 bits per heavy atom. The molecule has 1 fully saturated rings. The topological polar surface area (TPSA) is 35.8 Å². The fourth-order valence-electron chi connectivity index (χ4n) is 2.53. The quantitative estimate of drug-likeness (QED) is 0.909. The average molecular weight is 282 g/mol. The fourth-order valence-corrected chi connectivity index (χ4v) is 3.44. The zero-order valence-corrected chi connectivity index (χ0v) is 11.6. The summed E-state index contributed by atoms with van der Waals surface area (Å²) in [5, 5.41) is 11.5. The molecule has 0 aliphatic heterocycles. The highest BCUT2D eigenvalue weighted by molar-refractivity contribution is 8.00. The predicted octanol–water partition coefficient (Wildman–Crippen LogP) is 3.92. The molecule has 1 aliphatic rings. The fraction of sp³-hybridized carbons (Fsp3) is 0.500. The number of halogens is 2. The monoisotopic (exact) mass is 282 g/mol. The minimum Gasteiger partial charge on any atom is -0.379 e. The SMILES string of the molecule is CSC1(CNc2c(F)cc(C#N)cc2F)CCCC1. The van der Waals surface area contributed by atoms with E-state index in [-0.39, 0.29) is 16.0 Å². The van der Waals surface area contributed by atoms with E-state index >= 15 is 0 Å². The van der Waals surface area contributed by atoms with Crippen molar-refractivity contribution >= 4 is 17.4 Å². The number of hydrogen-bond donors (Lipinski definition) is 1. The second kappa shape index (κ2) is 5.79. The van der Waals surface area contributed by atoms with E-state index in [1.807, 2.05) is 6.26 Å². The first-order chi connectivity index (χ1) is 9.10. The van der Waals surface area contributed by atoms with E-state index in [0.29, 0.717) is 6.54 Å². The smallest absolute Gasteiger partial charge is 0.150 e. The number of nitriles is 1. The summed E-state index contributed by atoms with van der Waals surface area (Å²) < 4.78 is 27.6. The van der Waals surface area contributed by atoms with Crippen molar-refractivity contribution in [2.75, 3.05) is 18.1 Å². The van der Waals surface area contributed by atoms with Crippen LogP contribution in [0.1, 0.15) is 31.2 Å². The molecule has 1 aromatic carbocycles. The van der Waals surface area contributed by atoms with Crippen molar-refractivity contribution in [3.05, 3.63) is 29.3 Å². The standard InChI is InChI=1S/C14H16F2N2S/c1-19-14(4-2-3-5-14)9-18-13-11(15)6-10(8-17)7-12(13)16/h6-7,18H,2-5,9H2,1H3.